The van der Waals surface area contributed by atoms with Crippen LogP contribution in [0.4, 0.5) is 10.8 Å². The monoisotopic (exact) mass is 485 g/mol. The van der Waals surface area contributed by atoms with Crippen molar-refractivity contribution in [3.63, 3.8) is 0 Å². The number of nitrogens with zero attached hydrogens (tertiary/aromatic N) is 1. The third kappa shape index (κ3) is 7.50. The smallest absolute Gasteiger partial charge is 0.309 e. The van der Waals surface area contributed by atoms with Crippen molar-refractivity contribution < 1.29 is 19.5 Å². The lowest BCUT2D eigenvalue weighted by atomic mass is 10.0. The van der Waals surface area contributed by atoms with Crippen molar-refractivity contribution in [3.05, 3.63) is 62.8 Å². The molecule has 1 amide bonds. The molecule has 0 fully saturated rings. The van der Waals surface area contributed by atoms with Gasteiger partial charge in [0.2, 0.25) is 0 Å². The first kappa shape index (κ1) is 24.6. The van der Waals surface area contributed by atoms with E-state index >= 15 is 0 Å². The van der Waals surface area contributed by atoms with Crippen molar-refractivity contribution in [2.45, 2.75) is 52.0 Å². The Bertz CT molecular complexity index is 1110. The first-order valence-corrected chi connectivity index (χ1v) is 12.6. The van der Waals surface area contributed by atoms with E-state index in [0.29, 0.717) is 34.2 Å². The number of aliphatic carboxylic acids is 1. The largest absolute Gasteiger partial charge is 0.481 e. The van der Waals surface area contributed by atoms with E-state index < -0.39 is 5.97 Å². The van der Waals surface area contributed by atoms with E-state index in [1.54, 1.807) is 11.4 Å². The zero-order chi connectivity index (χ0) is 23.6. The van der Waals surface area contributed by atoms with Crippen molar-refractivity contribution in [2.75, 3.05) is 10.6 Å². The topological polar surface area (TPSA) is 108 Å². The van der Waals surface area contributed by atoms with Crippen molar-refractivity contribution in [1.29, 1.82) is 0 Å². The van der Waals surface area contributed by atoms with Gasteiger partial charge in [-0.05, 0) is 30.7 Å². The van der Waals surface area contributed by atoms with Crippen molar-refractivity contribution in [2.24, 2.45) is 0 Å². The third-order valence-electron chi connectivity index (χ3n) is 4.93. The Hall–Kier alpha value is -3.04. The Morgan fingerprint density at radius 2 is 1.88 bits per heavy atom. The van der Waals surface area contributed by atoms with Gasteiger partial charge < -0.3 is 10.4 Å². The second-order valence-electron chi connectivity index (χ2n) is 7.57. The highest BCUT2D eigenvalue weighted by molar-refractivity contribution is 7.15. The van der Waals surface area contributed by atoms with Crippen LogP contribution in [0.1, 0.15) is 69.6 Å². The van der Waals surface area contributed by atoms with Crippen molar-refractivity contribution in [3.8, 4) is 0 Å². The molecule has 3 aromatic rings. The normalized spacial score (nSPS) is 10.7. The van der Waals surface area contributed by atoms with E-state index in [4.69, 9.17) is 5.11 Å². The fourth-order valence-corrected chi connectivity index (χ4v) is 4.81. The van der Waals surface area contributed by atoms with Gasteiger partial charge in [-0.2, -0.15) is 0 Å². The first-order chi connectivity index (χ1) is 16.0. The number of anilines is 2. The predicted octanol–water partition coefficient (Wildman–Crippen LogP) is 5.85. The molecule has 0 aliphatic rings. The number of unbranched alkanes of at least 4 members (excludes halogenated alkanes) is 3. The molecule has 174 valence electrons. The van der Waals surface area contributed by atoms with Crippen LogP contribution in [0, 0.1) is 0 Å². The lowest BCUT2D eigenvalue weighted by Crippen LogP contribution is -2.10. The predicted molar refractivity (Wildman–Crippen MR) is 133 cm³/mol. The second-order valence-corrected chi connectivity index (χ2v) is 9.59. The SMILES string of the molecule is CCCCCCC(=O)c1ccccc1NCc1ccc(C(=O)Nc2nc(CC(=O)O)cs2)s1. The van der Waals surface area contributed by atoms with Gasteiger partial charge in [-0.1, -0.05) is 38.3 Å². The van der Waals surface area contributed by atoms with Gasteiger partial charge in [-0.25, -0.2) is 4.98 Å². The molecule has 3 N–H and O–H groups in total. The Kier molecular flexibility index (Phi) is 9.14. The standard InChI is InChI=1S/C24H27N3O4S2/c1-2-3-4-5-10-20(28)18-8-6-7-9-19(18)25-14-17-11-12-21(33-17)23(31)27-24-26-16(15-32-24)13-22(29)30/h6-9,11-12,15,25H,2-5,10,13-14H2,1H3,(H,29,30)(H,26,27,31). The summed E-state index contributed by atoms with van der Waals surface area (Å²) in [6.45, 7) is 2.65. The van der Waals surface area contributed by atoms with Crippen LogP contribution in [0.2, 0.25) is 0 Å². The first-order valence-electron chi connectivity index (χ1n) is 10.9. The van der Waals surface area contributed by atoms with Gasteiger partial charge in [0.25, 0.3) is 5.91 Å². The number of amides is 1. The molecular formula is C24H27N3O4S2. The number of thiazole rings is 1. The molecule has 0 aliphatic carbocycles. The Morgan fingerprint density at radius 3 is 2.67 bits per heavy atom. The molecule has 9 heteroatoms. The number of carboxylic acid groups (broad SMARTS) is 1. The number of hydrogen-bond acceptors (Lipinski definition) is 7. The lowest BCUT2D eigenvalue weighted by Gasteiger charge is -2.10. The molecule has 0 atom stereocenters. The number of ketones is 1. The Balaban J connectivity index is 1.56. The van der Waals surface area contributed by atoms with Crippen molar-refractivity contribution >= 4 is 51.2 Å². The summed E-state index contributed by atoms with van der Waals surface area (Å²) < 4.78 is 0. The van der Waals surface area contributed by atoms with E-state index in [2.05, 4.69) is 22.5 Å². The molecule has 7 nitrogen and oxygen atoms in total. The van der Waals surface area contributed by atoms with Gasteiger partial charge in [-0.3, -0.25) is 19.7 Å². The maximum atomic E-state index is 12.6. The average Bonchev–Trinajstić information content (AvgIpc) is 3.44. The summed E-state index contributed by atoms with van der Waals surface area (Å²) in [5, 5.41) is 16.9. The zero-order valence-corrected chi connectivity index (χ0v) is 20.1. The quantitative estimate of drug-likeness (QED) is 0.207. The molecule has 2 aromatic heterocycles. The Morgan fingerprint density at radius 1 is 1.06 bits per heavy atom. The minimum atomic E-state index is -0.964. The molecular weight excluding hydrogens is 458 g/mol. The van der Waals surface area contributed by atoms with Crippen molar-refractivity contribution in [1.82, 2.24) is 4.98 Å². The van der Waals surface area contributed by atoms with Crippen LogP contribution in [-0.4, -0.2) is 27.8 Å². The molecule has 3 rings (SSSR count). The number of aromatic nitrogens is 1. The lowest BCUT2D eigenvalue weighted by molar-refractivity contribution is -0.136. The summed E-state index contributed by atoms with van der Waals surface area (Å²) in [5.41, 5.74) is 1.91. The molecule has 33 heavy (non-hydrogen) atoms. The summed E-state index contributed by atoms with van der Waals surface area (Å²) >= 11 is 2.55. The number of para-hydroxylation sites is 1. The average molecular weight is 486 g/mol. The molecule has 1 aromatic carbocycles. The van der Waals surface area contributed by atoms with Crippen LogP contribution < -0.4 is 10.6 Å². The maximum Gasteiger partial charge on any atom is 0.309 e. The fraction of sp³-hybridized carbons (Fsp3) is 0.333. The Labute approximate surface area is 200 Å². The van der Waals surface area contributed by atoms with Crippen LogP contribution in [-0.2, 0) is 17.8 Å². The number of rotatable bonds is 13. The molecule has 0 unspecified atom stereocenters. The molecule has 0 aliphatic heterocycles. The van der Waals surface area contributed by atoms with Crippen LogP contribution in [0.5, 0.6) is 0 Å². The van der Waals surface area contributed by atoms with Crippen LogP contribution >= 0.6 is 22.7 Å². The number of hydrogen-bond donors (Lipinski definition) is 3. The van der Waals surface area contributed by atoms with Gasteiger partial charge in [0.05, 0.1) is 17.0 Å². The van der Waals surface area contributed by atoms with Gasteiger partial charge >= 0.3 is 5.97 Å². The van der Waals surface area contributed by atoms with Gasteiger partial charge in [-0.15, -0.1) is 22.7 Å². The summed E-state index contributed by atoms with van der Waals surface area (Å²) in [4.78, 5) is 41.5. The maximum absolute atomic E-state index is 12.6. The zero-order valence-electron chi connectivity index (χ0n) is 18.4. The van der Waals surface area contributed by atoms with E-state index in [-0.39, 0.29) is 18.1 Å². The molecule has 2 heterocycles. The minimum Gasteiger partial charge on any atom is -0.481 e. The minimum absolute atomic E-state index is 0.145. The molecule has 0 radical (unpaired) electrons. The van der Waals surface area contributed by atoms with E-state index in [9.17, 15) is 14.4 Å². The third-order valence-corrected chi connectivity index (χ3v) is 6.82. The van der Waals surface area contributed by atoms with Crippen LogP contribution in [0.15, 0.2) is 41.8 Å². The summed E-state index contributed by atoms with van der Waals surface area (Å²) in [5.74, 6) is -1.11. The number of nitrogens with one attached hydrogen (secondary N) is 2. The highest BCUT2D eigenvalue weighted by Gasteiger charge is 2.14. The number of carbonyl (C=O) groups is 3. The highest BCUT2D eigenvalue weighted by atomic mass is 32.1. The van der Waals surface area contributed by atoms with E-state index in [1.807, 2.05) is 30.3 Å². The highest BCUT2D eigenvalue weighted by Crippen LogP contribution is 2.23. The molecule has 0 spiro atoms. The van der Waals surface area contributed by atoms with Crippen LogP contribution in [0.25, 0.3) is 0 Å². The van der Waals surface area contributed by atoms with E-state index in [0.717, 1.165) is 36.2 Å². The number of carboxylic acids is 1. The van der Waals surface area contributed by atoms with Gasteiger partial charge in [0, 0.05) is 34.5 Å². The second kappa shape index (κ2) is 12.3. The number of Topliss-reactive ketones (excluding diaryl/α,β-unsaturated/α-hetero) is 1. The molecule has 0 saturated carbocycles. The molecule has 0 saturated heterocycles. The number of thiophene rings is 1. The fourth-order valence-electron chi connectivity index (χ4n) is 3.26. The van der Waals surface area contributed by atoms with Gasteiger partial charge in [0.15, 0.2) is 10.9 Å². The summed E-state index contributed by atoms with van der Waals surface area (Å²) in [6, 6.07) is 11.1. The van der Waals surface area contributed by atoms with Crippen LogP contribution in [0.3, 0.4) is 0 Å². The van der Waals surface area contributed by atoms with E-state index in [1.165, 1.54) is 22.7 Å². The number of benzene rings is 1. The molecule has 0 bridgehead atoms. The number of carbonyl (C=O) groups excluding carboxylic acids is 2. The van der Waals surface area contributed by atoms with Gasteiger partial charge in [0.1, 0.15) is 0 Å². The summed E-state index contributed by atoms with van der Waals surface area (Å²) in [7, 11) is 0. The summed E-state index contributed by atoms with van der Waals surface area (Å²) in [6.07, 6.45) is 4.63.